The standard InChI is InChI=1S/C16H22Cl2N2O/c1-3-20-8-6-13(7-9-20)19(2)11-16(21)12-4-5-14(17)15(18)10-12/h4-5,10,13H,3,6-9,11H2,1-2H3. The van der Waals surface area contributed by atoms with Crippen LogP contribution in [0.5, 0.6) is 0 Å². The van der Waals surface area contributed by atoms with Gasteiger partial charge < -0.3 is 4.90 Å². The van der Waals surface area contributed by atoms with Crippen LogP contribution < -0.4 is 0 Å². The molecule has 1 aliphatic rings. The monoisotopic (exact) mass is 328 g/mol. The number of halogens is 2. The van der Waals surface area contributed by atoms with Crippen molar-refractivity contribution in [1.29, 1.82) is 0 Å². The number of carbonyl (C=O) groups excluding carboxylic acids is 1. The molecule has 116 valence electrons. The second-order valence-corrected chi connectivity index (χ2v) is 6.45. The number of ketones is 1. The molecule has 21 heavy (non-hydrogen) atoms. The highest BCUT2D eigenvalue weighted by Gasteiger charge is 2.23. The van der Waals surface area contributed by atoms with E-state index in [1.54, 1.807) is 18.2 Å². The molecule has 0 saturated carbocycles. The van der Waals surface area contributed by atoms with Crippen molar-refractivity contribution in [2.45, 2.75) is 25.8 Å². The normalized spacial score (nSPS) is 17.4. The van der Waals surface area contributed by atoms with Gasteiger partial charge in [-0.25, -0.2) is 0 Å². The summed E-state index contributed by atoms with van der Waals surface area (Å²) in [5.74, 6) is 0.0917. The summed E-state index contributed by atoms with van der Waals surface area (Å²) in [6.07, 6.45) is 2.25. The van der Waals surface area contributed by atoms with Crippen molar-refractivity contribution in [2.75, 3.05) is 33.2 Å². The zero-order chi connectivity index (χ0) is 15.4. The maximum atomic E-state index is 12.3. The minimum Gasteiger partial charge on any atom is -0.303 e. The first-order valence-corrected chi connectivity index (χ1v) is 8.17. The Morgan fingerprint density at radius 2 is 1.95 bits per heavy atom. The molecule has 0 N–H and O–H groups in total. The molecule has 1 aliphatic heterocycles. The summed E-state index contributed by atoms with van der Waals surface area (Å²) >= 11 is 11.9. The van der Waals surface area contributed by atoms with Crippen molar-refractivity contribution >= 4 is 29.0 Å². The Bertz CT molecular complexity index is 499. The van der Waals surface area contributed by atoms with Gasteiger partial charge in [0, 0.05) is 11.6 Å². The Morgan fingerprint density at radius 1 is 1.29 bits per heavy atom. The lowest BCUT2D eigenvalue weighted by molar-refractivity contribution is 0.0858. The summed E-state index contributed by atoms with van der Waals surface area (Å²) < 4.78 is 0. The number of benzene rings is 1. The zero-order valence-electron chi connectivity index (χ0n) is 12.6. The van der Waals surface area contributed by atoms with E-state index in [1.807, 2.05) is 7.05 Å². The molecule has 0 unspecified atom stereocenters. The Kier molecular flexibility index (Phi) is 6.06. The fourth-order valence-corrected chi connectivity index (χ4v) is 3.09. The number of carbonyl (C=O) groups is 1. The van der Waals surface area contributed by atoms with Crippen LogP contribution in [0, 0.1) is 0 Å². The Hall–Kier alpha value is -0.610. The van der Waals surface area contributed by atoms with Crippen LogP contribution in [0.25, 0.3) is 0 Å². The number of rotatable bonds is 5. The van der Waals surface area contributed by atoms with Gasteiger partial charge >= 0.3 is 0 Å². The molecule has 3 nitrogen and oxygen atoms in total. The predicted molar refractivity (Wildman–Crippen MR) is 88.6 cm³/mol. The van der Waals surface area contributed by atoms with E-state index >= 15 is 0 Å². The van der Waals surface area contributed by atoms with Crippen LogP contribution in [0.4, 0.5) is 0 Å². The summed E-state index contributed by atoms with van der Waals surface area (Å²) in [7, 11) is 2.03. The Labute approximate surface area is 136 Å². The number of piperidine rings is 1. The van der Waals surface area contributed by atoms with E-state index in [0.29, 0.717) is 28.2 Å². The van der Waals surface area contributed by atoms with Crippen molar-refractivity contribution in [3.05, 3.63) is 33.8 Å². The number of nitrogens with zero attached hydrogens (tertiary/aromatic N) is 2. The maximum absolute atomic E-state index is 12.3. The van der Waals surface area contributed by atoms with Gasteiger partial charge in [0.05, 0.1) is 16.6 Å². The average Bonchev–Trinajstić information content (AvgIpc) is 2.50. The minimum absolute atomic E-state index is 0.0917. The van der Waals surface area contributed by atoms with E-state index in [4.69, 9.17) is 23.2 Å². The van der Waals surface area contributed by atoms with E-state index < -0.39 is 0 Å². The lowest BCUT2D eigenvalue weighted by atomic mass is 10.0. The number of likely N-dealkylation sites (N-methyl/N-ethyl adjacent to an activating group) is 1. The van der Waals surface area contributed by atoms with Gasteiger partial charge in [0.1, 0.15) is 0 Å². The molecule has 1 fully saturated rings. The molecule has 0 aliphatic carbocycles. The van der Waals surface area contributed by atoms with Gasteiger partial charge in [-0.1, -0.05) is 30.1 Å². The molecule has 1 heterocycles. The van der Waals surface area contributed by atoms with Crippen LogP contribution in [-0.2, 0) is 0 Å². The summed E-state index contributed by atoms with van der Waals surface area (Å²) in [4.78, 5) is 16.9. The molecule has 0 bridgehead atoms. The quantitative estimate of drug-likeness (QED) is 0.771. The second-order valence-electron chi connectivity index (χ2n) is 5.63. The molecule has 0 atom stereocenters. The SMILES string of the molecule is CCN1CCC(N(C)CC(=O)c2ccc(Cl)c(Cl)c2)CC1. The average molecular weight is 329 g/mol. The van der Waals surface area contributed by atoms with Crippen molar-refractivity contribution in [2.24, 2.45) is 0 Å². The lowest BCUT2D eigenvalue weighted by Gasteiger charge is -2.36. The Morgan fingerprint density at radius 3 is 2.52 bits per heavy atom. The predicted octanol–water partition coefficient (Wildman–Crippen LogP) is 3.59. The number of hydrogen-bond donors (Lipinski definition) is 0. The fraction of sp³-hybridized carbons (Fsp3) is 0.562. The molecule has 1 saturated heterocycles. The van der Waals surface area contributed by atoms with Crippen molar-refractivity contribution in [3.8, 4) is 0 Å². The van der Waals surface area contributed by atoms with E-state index in [2.05, 4.69) is 16.7 Å². The van der Waals surface area contributed by atoms with E-state index in [0.717, 1.165) is 32.5 Å². The first kappa shape index (κ1) is 16.8. The molecule has 0 radical (unpaired) electrons. The number of hydrogen-bond acceptors (Lipinski definition) is 3. The summed E-state index contributed by atoms with van der Waals surface area (Å²) in [5.41, 5.74) is 0.627. The van der Waals surface area contributed by atoms with Crippen molar-refractivity contribution in [1.82, 2.24) is 9.80 Å². The van der Waals surface area contributed by atoms with Gasteiger partial charge in [0.25, 0.3) is 0 Å². The maximum Gasteiger partial charge on any atom is 0.176 e. The molecule has 5 heteroatoms. The Balaban J connectivity index is 1.91. The van der Waals surface area contributed by atoms with Gasteiger partial charge in [-0.15, -0.1) is 0 Å². The van der Waals surface area contributed by atoms with Gasteiger partial charge in [-0.05, 0) is 57.7 Å². The zero-order valence-corrected chi connectivity index (χ0v) is 14.1. The van der Waals surface area contributed by atoms with Crippen LogP contribution in [0.1, 0.15) is 30.1 Å². The lowest BCUT2D eigenvalue weighted by Crippen LogP contribution is -2.44. The molecule has 2 rings (SSSR count). The van der Waals surface area contributed by atoms with Gasteiger partial charge in [-0.2, -0.15) is 0 Å². The highest BCUT2D eigenvalue weighted by Crippen LogP contribution is 2.23. The first-order valence-electron chi connectivity index (χ1n) is 7.42. The van der Waals surface area contributed by atoms with E-state index in [-0.39, 0.29) is 5.78 Å². The molecular formula is C16H22Cl2N2O. The molecule has 1 aromatic carbocycles. The first-order chi connectivity index (χ1) is 10.0. The number of Topliss-reactive ketones (excluding diaryl/α,β-unsaturated/α-hetero) is 1. The van der Waals surface area contributed by atoms with Crippen LogP contribution in [0.15, 0.2) is 18.2 Å². The van der Waals surface area contributed by atoms with Gasteiger partial charge in [0.15, 0.2) is 5.78 Å². The smallest absolute Gasteiger partial charge is 0.176 e. The van der Waals surface area contributed by atoms with Crippen LogP contribution in [0.2, 0.25) is 10.0 Å². The minimum atomic E-state index is 0.0917. The van der Waals surface area contributed by atoms with E-state index in [1.165, 1.54) is 0 Å². The third-order valence-electron chi connectivity index (χ3n) is 4.26. The third kappa shape index (κ3) is 4.43. The highest BCUT2D eigenvalue weighted by molar-refractivity contribution is 6.42. The van der Waals surface area contributed by atoms with Crippen LogP contribution in [0.3, 0.4) is 0 Å². The fourth-order valence-electron chi connectivity index (χ4n) is 2.79. The molecule has 0 aromatic heterocycles. The van der Waals surface area contributed by atoms with Gasteiger partial charge in [0.2, 0.25) is 0 Å². The second kappa shape index (κ2) is 7.59. The summed E-state index contributed by atoms with van der Waals surface area (Å²) in [6, 6.07) is 5.56. The molecule has 0 spiro atoms. The third-order valence-corrected chi connectivity index (χ3v) is 5.00. The molecule has 1 aromatic rings. The molecule has 0 amide bonds. The topological polar surface area (TPSA) is 23.6 Å². The largest absolute Gasteiger partial charge is 0.303 e. The van der Waals surface area contributed by atoms with Crippen LogP contribution in [-0.4, -0.2) is 54.9 Å². The highest BCUT2D eigenvalue weighted by atomic mass is 35.5. The summed E-state index contributed by atoms with van der Waals surface area (Å²) in [6.45, 7) is 5.96. The van der Waals surface area contributed by atoms with Crippen molar-refractivity contribution in [3.63, 3.8) is 0 Å². The van der Waals surface area contributed by atoms with Gasteiger partial charge in [-0.3, -0.25) is 9.69 Å². The van der Waals surface area contributed by atoms with E-state index in [9.17, 15) is 4.79 Å². The van der Waals surface area contributed by atoms with Crippen LogP contribution >= 0.6 is 23.2 Å². The molecular weight excluding hydrogens is 307 g/mol. The summed E-state index contributed by atoms with van der Waals surface area (Å²) in [5, 5.41) is 0.912. The number of likely N-dealkylation sites (tertiary alicyclic amines) is 1. The van der Waals surface area contributed by atoms with Crippen molar-refractivity contribution < 1.29 is 4.79 Å².